The number of nitro benzene ring substituents is 1. The lowest BCUT2D eigenvalue weighted by Crippen LogP contribution is -2.33. The molecule has 1 amide bonds. The Labute approximate surface area is 150 Å². The molecule has 0 aromatic heterocycles. The van der Waals surface area contributed by atoms with Gasteiger partial charge in [0, 0.05) is 33.3 Å². The number of ether oxygens (including phenoxy) is 3. The van der Waals surface area contributed by atoms with Gasteiger partial charge in [0.15, 0.2) is 6.61 Å². The molecule has 1 heterocycles. The van der Waals surface area contributed by atoms with Gasteiger partial charge in [-0.1, -0.05) is 0 Å². The number of amides is 1. The molecule has 10 heteroatoms. The topological polar surface area (TPSA) is 120 Å². The fourth-order valence-electron chi connectivity index (χ4n) is 2.21. The molecular formula is C16H21N3O7. The molecule has 1 aliphatic rings. The van der Waals surface area contributed by atoms with E-state index >= 15 is 0 Å². The molecule has 26 heavy (non-hydrogen) atoms. The summed E-state index contributed by atoms with van der Waals surface area (Å²) in [6.07, 6.45) is 0.800. The van der Waals surface area contributed by atoms with Crippen molar-refractivity contribution in [2.75, 3.05) is 46.3 Å². The van der Waals surface area contributed by atoms with Gasteiger partial charge >= 0.3 is 11.7 Å². The molecule has 1 aromatic carbocycles. The van der Waals surface area contributed by atoms with Crippen LogP contribution in [-0.2, 0) is 14.3 Å². The number of nitrogens with zero attached hydrogens (tertiary/aromatic N) is 2. The van der Waals surface area contributed by atoms with Crippen LogP contribution in [0.5, 0.6) is 5.75 Å². The number of benzene rings is 1. The molecule has 0 radical (unpaired) electrons. The summed E-state index contributed by atoms with van der Waals surface area (Å²) in [6, 6.07) is 2.52. The molecule has 0 unspecified atom stereocenters. The van der Waals surface area contributed by atoms with Crippen LogP contribution in [0.2, 0.25) is 0 Å². The first-order valence-electron chi connectivity index (χ1n) is 7.92. The monoisotopic (exact) mass is 367 g/mol. The van der Waals surface area contributed by atoms with Gasteiger partial charge in [0.2, 0.25) is 5.75 Å². The quantitative estimate of drug-likeness (QED) is 0.411. The van der Waals surface area contributed by atoms with E-state index in [1.54, 1.807) is 0 Å². The van der Waals surface area contributed by atoms with Crippen LogP contribution in [0.4, 0.5) is 11.4 Å². The van der Waals surface area contributed by atoms with Crippen molar-refractivity contribution in [3.63, 3.8) is 0 Å². The predicted octanol–water partition coefficient (Wildman–Crippen LogP) is 1.05. The lowest BCUT2D eigenvalue weighted by molar-refractivity contribution is -0.384. The Kier molecular flexibility index (Phi) is 6.34. The normalized spacial score (nSPS) is 15.6. The second kappa shape index (κ2) is 8.48. The largest absolute Gasteiger partial charge is 0.477 e. The predicted molar refractivity (Wildman–Crippen MR) is 91.5 cm³/mol. The number of esters is 1. The fourth-order valence-corrected chi connectivity index (χ4v) is 2.21. The van der Waals surface area contributed by atoms with E-state index in [1.807, 2.05) is 0 Å². The molecule has 2 rings (SSSR count). The molecule has 0 aliphatic carbocycles. The van der Waals surface area contributed by atoms with E-state index in [9.17, 15) is 19.7 Å². The number of methoxy groups -OCH3 is 1. The number of carbonyl (C=O) groups excluding carboxylic acids is 2. The zero-order valence-corrected chi connectivity index (χ0v) is 14.8. The third-order valence-electron chi connectivity index (χ3n) is 3.84. The number of hydrogen-bond acceptors (Lipinski definition) is 8. The summed E-state index contributed by atoms with van der Waals surface area (Å²) in [7, 11) is 4.28. The number of anilines is 1. The number of rotatable bonds is 8. The Morgan fingerprint density at radius 3 is 2.62 bits per heavy atom. The van der Waals surface area contributed by atoms with Gasteiger partial charge in [-0.05, 0) is 12.5 Å². The Morgan fingerprint density at radius 1 is 1.42 bits per heavy atom. The molecule has 0 saturated carbocycles. The molecule has 1 aromatic rings. The molecule has 10 nitrogen and oxygen atoms in total. The Morgan fingerprint density at radius 2 is 2.12 bits per heavy atom. The van der Waals surface area contributed by atoms with Crippen LogP contribution in [-0.4, -0.2) is 68.8 Å². The highest BCUT2D eigenvalue weighted by Gasteiger charge is 2.27. The summed E-state index contributed by atoms with van der Waals surface area (Å²) in [5.41, 5.74) is -0.188. The number of nitrogens with one attached hydrogen (secondary N) is 1. The van der Waals surface area contributed by atoms with E-state index in [0.717, 1.165) is 6.42 Å². The lowest BCUT2D eigenvalue weighted by atomic mass is 10.1. The Hall–Kier alpha value is -2.88. The molecule has 1 saturated heterocycles. The van der Waals surface area contributed by atoms with Gasteiger partial charge in [-0.25, -0.2) is 4.79 Å². The SMILES string of the molecule is COC(=O)c1cc(NC[C@@H]2CCO2)c([N+](=O)[O-])c(OCC(=O)N(C)C)c1. The maximum atomic E-state index is 11.9. The smallest absolute Gasteiger partial charge is 0.338 e. The first-order chi connectivity index (χ1) is 12.3. The standard InChI is InChI=1S/C16H21N3O7/c1-18(2)14(20)9-26-13-7-10(16(21)24-3)6-12(15(13)19(22)23)17-8-11-4-5-25-11/h6-7,11,17H,4-5,8-9H2,1-3H3/t11-/m0/s1. The van der Waals surface area contributed by atoms with Gasteiger partial charge in [-0.15, -0.1) is 0 Å². The molecule has 1 fully saturated rings. The summed E-state index contributed by atoms with van der Waals surface area (Å²) >= 11 is 0. The van der Waals surface area contributed by atoms with Crippen molar-refractivity contribution in [1.82, 2.24) is 4.90 Å². The molecule has 0 bridgehead atoms. The summed E-state index contributed by atoms with van der Waals surface area (Å²) < 4.78 is 15.3. The zero-order chi connectivity index (χ0) is 19.3. The van der Waals surface area contributed by atoms with Crippen LogP contribution >= 0.6 is 0 Å². The molecular weight excluding hydrogens is 346 g/mol. The van der Waals surface area contributed by atoms with Gasteiger partial charge in [0.25, 0.3) is 5.91 Å². The summed E-state index contributed by atoms with van der Waals surface area (Å²) in [4.78, 5) is 35.8. The third kappa shape index (κ3) is 4.60. The van der Waals surface area contributed by atoms with E-state index in [0.29, 0.717) is 13.2 Å². The molecule has 1 atom stereocenters. The highest BCUT2D eigenvalue weighted by atomic mass is 16.6. The minimum Gasteiger partial charge on any atom is -0.477 e. The van der Waals surface area contributed by atoms with Crippen molar-refractivity contribution < 1.29 is 28.7 Å². The highest BCUT2D eigenvalue weighted by molar-refractivity contribution is 5.93. The minimum absolute atomic E-state index is 0.0453. The highest BCUT2D eigenvalue weighted by Crippen LogP contribution is 2.37. The summed E-state index contributed by atoms with van der Waals surface area (Å²) in [5, 5.41) is 14.5. The zero-order valence-electron chi connectivity index (χ0n) is 14.8. The van der Waals surface area contributed by atoms with E-state index in [1.165, 1.54) is 38.2 Å². The van der Waals surface area contributed by atoms with Crippen molar-refractivity contribution >= 4 is 23.3 Å². The van der Waals surface area contributed by atoms with Gasteiger partial charge in [-0.3, -0.25) is 14.9 Å². The van der Waals surface area contributed by atoms with Crippen LogP contribution < -0.4 is 10.1 Å². The Bertz CT molecular complexity index is 701. The van der Waals surface area contributed by atoms with Crippen LogP contribution in [0.3, 0.4) is 0 Å². The third-order valence-corrected chi connectivity index (χ3v) is 3.84. The van der Waals surface area contributed by atoms with Crippen LogP contribution in [0, 0.1) is 10.1 Å². The van der Waals surface area contributed by atoms with Crippen LogP contribution in [0.1, 0.15) is 16.8 Å². The van der Waals surface area contributed by atoms with Crippen molar-refractivity contribution in [2.45, 2.75) is 12.5 Å². The van der Waals surface area contributed by atoms with Gasteiger partial charge < -0.3 is 24.4 Å². The van der Waals surface area contributed by atoms with Gasteiger partial charge in [-0.2, -0.15) is 0 Å². The molecule has 142 valence electrons. The van der Waals surface area contributed by atoms with Crippen molar-refractivity contribution in [3.05, 3.63) is 27.8 Å². The van der Waals surface area contributed by atoms with Crippen molar-refractivity contribution in [3.8, 4) is 5.75 Å². The minimum atomic E-state index is -0.674. The van der Waals surface area contributed by atoms with Gasteiger partial charge in [0.05, 0.1) is 23.7 Å². The number of hydrogen-bond donors (Lipinski definition) is 1. The molecule has 1 N–H and O–H groups in total. The Balaban J connectivity index is 2.35. The summed E-state index contributed by atoms with van der Waals surface area (Å²) in [5.74, 6) is -1.24. The number of carbonyl (C=O) groups is 2. The number of likely N-dealkylation sites (N-methyl/N-ethyl adjacent to an activating group) is 1. The first-order valence-corrected chi connectivity index (χ1v) is 7.92. The fraction of sp³-hybridized carbons (Fsp3) is 0.500. The van der Waals surface area contributed by atoms with E-state index in [4.69, 9.17) is 9.47 Å². The second-order valence-corrected chi connectivity index (χ2v) is 5.86. The van der Waals surface area contributed by atoms with E-state index < -0.39 is 17.5 Å². The average Bonchev–Trinajstić information content (AvgIpc) is 2.56. The van der Waals surface area contributed by atoms with Crippen LogP contribution in [0.25, 0.3) is 0 Å². The number of nitro groups is 1. The second-order valence-electron chi connectivity index (χ2n) is 5.86. The van der Waals surface area contributed by atoms with Crippen molar-refractivity contribution in [2.24, 2.45) is 0 Å². The average molecular weight is 367 g/mol. The van der Waals surface area contributed by atoms with Crippen LogP contribution in [0.15, 0.2) is 12.1 Å². The maximum absolute atomic E-state index is 11.9. The lowest BCUT2D eigenvalue weighted by Gasteiger charge is -2.27. The maximum Gasteiger partial charge on any atom is 0.338 e. The van der Waals surface area contributed by atoms with Crippen molar-refractivity contribution in [1.29, 1.82) is 0 Å². The first kappa shape index (κ1) is 19.4. The summed E-state index contributed by atoms with van der Waals surface area (Å²) in [6.45, 7) is 0.600. The van der Waals surface area contributed by atoms with E-state index in [-0.39, 0.29) is 34.7 Å². The van der Waals surface area contributed by atoms with E-state index in [2.05, 4.69) is 10.1 Å². The van der Waals surface area contributed by atoms with Gasteiger partial charge in [0.1, 0.15) is 5.69 Å². The molecule has 0 spiro atoms. The molecule has 1 aliphatic heterocycles.